The van der Waals surface area contributed by atoms with E-state index >= 15 is 0 Å². The molecule has 1 N–H and O–H groups in total. The van der Waals surface area contributed by atoms with Gasteiger partial charge in [-0.15, -0.1) is 0 Å². The average Bonchev–Trinajstić information content (AvgIpc) is 2.81. The van der Waals surface area contributed by atoms with Crippen molar-refractivity contribution in [1.29, 1.82) is 0 Å². The number of hydrogen-bond acceptors (Lipinski definition) is 4. The molecule has 6 heteroatoms. The van der Waals surface area contributed by atoms with E-state index in [0.29, 0.717) is 5.15 Å². The molecule has 0 fully saturated rings. The van der Waals surface area contributed by atoms with Gasteiger partial charge in [0, 0.05) is 31.0 Å². The molecule has 2 aromatic rings. The number of halogens is 1. The van der Waals surface area contributed by atoms with Crippen LogP contribution in [0.15, 0.2) is 25.0 Å². The number of hydrogen-bond donors (Lipinski definition) is 1. The van der Waals surface area contributed by atoms with E-state index in [1.807, 2.05) is 10.8 Å². The van der Waals surface area contributed by atoms with E-state index in [0.717, 1.165) is 24.5 Å². The molecule has 0 saturated carbocycles. The highest BCUT2D eigenvalue weighted by atomic mass is 35.5. The molecule has 2 heterocycles. The Hall–Kier alpha value is -1.62. The summed E-state index contributed by atoms with van der Waals surface area (Å²) in [6.07, 6.45) is 6.96. The van der Waals surface area contributed by atoms with Crippen LogP contribution in [0.1, 0.15) is 25.3 Å². The Morgan fingerprint density at radius 3 is 2.89 bits per heavy atom. The Balaban J connectivity index is 2.03. The van der Waals surface area contributed by atoms with Crippen molar-refractivity contribution in [3.05, 3.63) is 35.8 Å². The first kappa shape index (κ1) is 12.8. The van der Waals surface area contributed by atoms with Crippen LogP contribution in [-0.2, 0) is 6.54 Å². The molecular weight excluding hydrogens is 250 g/mol. The minimum atomic E-state index is 0.287. The molecule has 0 aliphatic carbocycles. The van der Waals surface area contributed by atoms with Crippen LogP contribution in [0.5, 0.6) is 0 Å². The normalized spacial score (nSPS) is 10.9. The third-order valence-corrected chi connectivity index (χ3v) is 2.94. The average molecular weight is 266 g/mol. The van der Waals surface area contributed by atoms with Crippen molar-refractivity contribution >= 4 is 17.4 Å². The highest BCUT2D eigenvalue weighted by Crippen LogP contribution is 2.27. The standard InChI is InChI=1S/C12H16ClN5/c1-9(2)10-11(13)16-7-17-12(10)15-4-6-18-5-3-14-8-18/h3,5,7-9H,4,6H2,1-2H3,(H,15,16,17). The van der Waals surface area contributed by atoms with Crippen LogP contribution >= 0.6 is 11.6 Å². The van der Waals surface area contributed by atoms with Crippen molar-refractivity contribution in [2.24, 2.45) is 0 Å². The molecule has 0 aromatic carbocycles. The van der Waals surface area contributed by atoms with Gasteiger partial charge in [-0.1, -0.05) is 25.4 Å². The topological polar surface area (TPSA) is 55.6 Å². The van der Waals surface area contributed by atoms with Crippen LogP contribution < -0.4 is 5.32 Å². The number of nitrogens with one attached hydrogen (secondary N) is 1. The molecule has 0 bridgehead atoms. The van der Waals surface area contributed by atoms with Crippen LogP contribution in [0.25, 0.3) is 0 Å². The molecule has 96 valence electrons. The Morgan fingerprint density at radius 1 is 1.39 bits per heavy atom. The smallest absolute Gasteiger partial charge is 0.138 e. The Morgan fingerprint density at radius 2 is 2.22 bits per heavy atom. The molecule has 18 heavy (non-hydrogen) atoms. The number of aromatic nitrogens is 4. The molecule has 2 rings (SSSR count). The third kappa shape index (κ3) is 2.98. The van der Waals surface area contributed by atoms with Crippen molar-refractivity contribution in [3.63, 3.8) is 0 Å². The molecule has 0 aliphatic rings. The van der Waals surface area contributed by atoms with Crippen molar-refractivity contribution < 1.29 is 0 Å². The van der Waals surface area contributed by atoms with Gasteiger partial charge in [0.25, 0.3) is 0 Å². The van der Waals surface area contributed by atoms with Gasteiger partial charge in [0.2, 0.25) is 0 Å². The highest BCUT2D eigenvalue weighted by molar-refractivity contribution is 6.30. The number of anilines is 1. The zero-order chi connectivity index (χ0) is 13.0. The molecular formula is C12H16ClN5. The van der Waals surface area contributed by atoms with Gasteiger partial charge < -0.3 is 9.88 Å². The van der Waals surface area contributed by atoms with Crippen LogP contribution in [0.2, 0.25) is 5.15 Å². The number of imidazole rings is 1. The van der Waals surface area contributed by atoms with Gasteiger partial charge in [-0.25, -0.2) is 15.0 Å². The summed E-state index contributed by atoms with van der Waals surface area (Å²) >= 11 is 6.10. The first-order valence-electron chi connectivity index (χ1n) is 5.88. The lowest BCUT2D eigenvalue weighted by Crippen LogP contribution is -2.12. The second kappa shape index (κ2) is 5.82. The lowest BCUT2D eigenvalue weighted by Gasteiger charge is -2.14. The molecule has 0 atom stereocenters. The molecule has 5 nitrogen and oxygen atoms in total. The predicted octanol–water partition coefficient (Wildman–Crippen LogP) is 2.56. The fraction of sp³-hybridized carbons (Fsp3) is 0.417. The summed E-state index contributed by atoms with van der Waals surface area (Å²) in [6.45, 7) is 5.75. The van der Waals surface area contributed by atoms with E-state index in [2.05, 4.69) is 34.1 Å². The minimum Gasteiger partial charge on any atom is -0.368 e. The zero-order valence-corrected chi connectivity index (χ0v) is 11.2. The van der Waals surface area contributed by atoms with Crippen molar-refractivity contribution in [3.8, 4) is 0 Å². The first-order valence-corrected chi connectivity index (χ1v) is 6.26. The van der Waals surface area contributed by atoms with E-state index in [1.54, 1.807) is 12.5 Å². The summed E-state index contributed by atoms with van der Waals surface area (Å²) in [4.78, 5) is 12.3. The Kier molecular flexibility index (Phi) is 4.15. The van der Waals surface area contributed by atoms with Crippen LogP contribution in [-0.4, -0.2) is 26.1 Å². The summed E-state index contributed by atoms with van der Waals surface area (Å²) in [6, 6.07) is 0. The van der Waals surface area contributed by atoms with Crippen LogP contribution in [0.3, 0.4) is 0 Å². The van der Waals surface area contributed by atoms with Crippen LogP contribution in [0.4, 0.5) is 5.82 Å². The maximum atomic E-state index is 6.10. The molecule has 0 spiro atoms. The summed E-state index contributed by atoms with van der Waals surface area (Å²) in [5.41, 5.74) is 0.963. The van der Waals surface area contributed by atoms with Gasteiger partial charge in [-0.3, -0.25) is 0 Å². The number of nitrogens with zero attached hydrogens (tertiary/aromatic N) is 4. The van der Waals surface area contributed by atoms with E-state index in [-0.39, 0.29) is 5.92 Å². The molecule has 0 amide bonds. The molecule has 2 aromatic heterocycles. The Labute approximate surface area is 111 Å². The van der Waals surface area contributed by atoms with Gasteiger partial charge in [-0.05, 0) is 5.92 Å². The quantitative estimate of drug-likeness (QED) is 0.844. The second-order valence-electron chi connectivity index (χ2n) is 4.31. The van der Waals surface area contributed by atoms with E-state index in [1.165, 1.54) is 6.33 Å². The zero-order valence-electron chi connectivity index (χ0n) is 10.5. The van der Waals surface area contributed by atoms with Gasteiger partial charge >= 0.3 is 0 Å². The third-order valence-electron chi connectivity index (χ3n) is 2.63. The van der Waals surface area contributed by atoms with E-state index in [9.17, 15) is 0 Å². The van der Waals surface area contributed by atoms with Crippen molar-refractivity contribution in [2.75, 3.05) is 11.9 Å². The molecule has 0 saturated heterocycles. The van der Waals surface area contributed by atoms with Crippen LogP contribution in [0, 0.1) is 0 Å². The van der Waals surface area contributed by atoms with Crippen molar-refractivity contribution in [1.82, 2.24) is 19.5 Å². The maximum absolute atomic E-state index is 6.10. The molecule has 0 radical (unpaired) electrons. The fourth-order valence-corrected chi connectivity index (χ4v) is 2.10. The minimum absolute atomic E-state index is 0.287. The van der Waals surface area contributed by atoms with E-state index in [4.69, 9.17) is 11.6 Å². The van der Waals surface area contributed by atoms with Gasteiger partial charge in [0.05, 0.1) is 6.33 Å². The SMILES string of the molecule is CC(C)c1c(Cl)ncnc1NCCn1ccnc1. The Bertz CT molecular complexity index is 495. The predicted molar refractivity (Wildman–Crippen MR) is 71.8 cm³/mol. The molecule has 0 unspecified atom stereocenters. The second-order valence-corrected chi connectivity index (χ2v) is 4.67. The summed E-state index contributed by atoms with van der Waals surface area (Å²) in [5, 5.41) is 3.81. The van der Waals surface area contributed by atoms with Gasteiger partial charge in [0.1, 0.15) is 17.3 Å². The van der Waals surface area contributed by atoms with Gasteiger partial charge in [0.15, 0.2) is 0 Å². The molecule has 0 aliphatic heterocycles. The monoisotopic (exact) mass is 265 g/mol. The lowest BCUT2D eigenvalue weighted by molar-refractivity contribution is 0.722. The number of rotatable bonds is 5. The highest BCUT2D eigenvalue weighted by Gasteiger charge is 2.12. The maximum Gasteiger partial charge on any atom is 0.138 e. The lowest BCUT2D eigenvalue weighted by atomic mass is 10.1. The van der Waals surface area contributed by atoms with E-state index < -0.39 is 0 Å². The summed E-state index contributed by atoms with van der Waals surface area (Å²) in [7, 11) is 0. The van der Waals surface area contributed by atoms with Crippen molar-refractivity contribution in [2.45, 2.75) is 26.3 Å². The summed E-state index contributed by atoms with van der Waals surface area (Å²) in [5.74, 6) is 1.10. The van der Waals surface area contributed by atoms with Gasteiger partial charge in [-0.2, -0.15) is 0 Å². The first-order chi connectivity index (χ1) is 8.68. The largest absolute Gasteiger partial charge is 0.368 e. The summed E-state index contributed by atoms with van der Waals surface area (Å²) < 4.78 is 2.00. The fourth-order valence-electron chi connectivity index (χ4n) is 1.75.